The summed E-state index contributed by atoms with van der Waals surface area (Å²) in [6.07, 6.45) is 5.79. The van der Waals surface area contributed by atoms with Crippen LogP contribution in [0.5, 0.6) is 0 Å². The minimum Gasteiger partial charge on any atom is -0.385 e. The minimum atomic E-state index is 0.00620. The number of aryl methyl sites for hydroxylation is 1. The number of ether oxygens (including phenoxy) is 2. The molecule has 108 valence electrons. The van der Waals surface area contributed by atoms with Crippen LogP contribution >= 0.6 is 0 Å². The summed E-state index contributed by atoms with van der Waals surface area (Å²) in [5, 5.41) is 3.55. The van der Waals surface area contributed by atoms with Gasteiger partial charge in [0.2, 0.25) is 0 Å². The van der Waals surface area contributed by atoms with Gasteiger partial charge in [-0.15, -0.1) is 0 Å². The van der Waals surface area contributed by atoms with Crippen molar-refractivity contribution < 1.29 is 9.47 Å². The predicted molar refractivity (Wildman–Crippen MR) is 79.3 cm³/mol. The van der Waals surface area contributed by atoms with E-state index in [1.54, 1.807) is 0 Å². The van der Waals surface area contributed by atoms with Crippen molar-refractivity contribution in [1.29, 1.82) is 0 Å². The molecule has 4 rings (SSSR count). The molecule has 2 fully saturated rings. The number of hydrogen-bond acceptors (Lipinski definition) is 3. The van der Waals surface area contributed by atoms with Gasteiger partial charge in [0, 0.05) is 31.9 Å². The zero-order valence-corrected chi connectivity index (χ0v) is 12.0. The SMILES string of the molecule is c1cc2c(cc1C1CCOC3(CCOC3)C1)NCCC2. The second kappa shape index (κ2) is 5.05. The molecule has 3 nitrogen and oxygen atoms in total. The number of rotatable bonds is 1. The summed E-state index contributed by atoms with van der Waals surface area (Å²) in [6.45, 7) is 3.63. The molecule has 0 radical (unpaired) electrons. The van der Waals surface area contributed by atoms with Crippen LogP contribution in [-0.2, 0) is 15.9 Å². The molecule has 1 aromatic rings. The molecular weight excluding hydrogens is 250 g/mol. The van der Waals surface area contributed by atoms with Crippen molar-refractivity contribution in [2.24, 2.45) is 0 Å². The summed E-state index contributed by atoms with van der Waals surface area (Å²) >= 11 is 0. The van der Waals surface area contributed by atoms with E-state index in [9.17, 15) is 0 Å². The molecule has 0 saturated carbocycles. The molecule has 0 aromatic heterocycles. The van der Waals surface area contributed by atoms with E-state index in [1.807, 2.05) is 0 Å². The smallest absolute Gasteiger partial charge is 0.0942 e. The fourth-order valence-electron chi connectivity index (χ4n) is 3.91. The van der Waals surface area contributed by atoms with E-state index in [-0.39, 0.29) is 5.60 Å². The summed E-state index contributed by atoms with van der Waals surface area (Å²) in [6, 6.07) is 7.05. The fraction of sp³-hybridized carbons (Fsp3) is 0.647. The lowest BCUT2D eigenvalue weighted by Crippen LogP contribution is -2.39. The van der Waals surface area contributed by atoms with E-state index in [2.05, 4.69) is 23.5 Å². The molecule has 3 heteroatoms. The van der Waals surface area contributed by atoms with E-state index >= 15 is 0 Å². The first-order chi connectivity index (χ1) is 9.85. The average Bonchev–Trinajstić information content (AvgIpc) is 2.94. The molecule has 2 unspecified atom stereocenters. The Morgan fingerprint density at radius 1 is 1.25 bits per heavy atom. The third-order valence-electron chi connectivity index (χ3n) is 5.10. The highest BCUT2D eigenvalue weighted by molar-refractivity contribution is 5.55. The maximum absolute atomic E-state index is 6.05. The van der Waals surface area contributed by atoms with Gasteiger partial charge in [-0.3, -0.25) is 0 Å². The molecule has 0 bridgehead atoms. The normalized spacial score (nSPS) is 32.9. The van der Waals surface area contributed by atoms with E-state index in [1.165, 1.54) is 29.7 Å². The van der Waals surface area contributed by atoms with Crippen LogP contribution < -0.4 is 5.32 Å². The third kappa shape index (κ3) is 2.23. The van der Waals surface area contributed by atoms with Crippen molar-refractivity contribution in [3.63, 3.8) is 0 Å². The molecule has 3 aliphatic rings. The Hall–Kier alpha value is -1.06. The Kier molecular flexibility index (Phi) is 3.20. The van der Waals surface area contributed by atoms with E-state index in [0.717, 1.165) is 45.6 Å². The summed E-state index contributed by atoms with van der Waals surface area (Å²) in [7, 11) is 0. The summed E-state index contributed by atoms with van der Waals surface area (Å²) in [4.78, 5) is 0. The maximum atomic E-state index is 6.05. The number of anilines is 1. The highest BCUT2D eigenvalue weighted by Crippen LogP contribution is 2.41. The van der Waals surface area contributed by atoms with Gasteiger partial charge in [0.15, 0.2) is 0 Å². The Morgan fingerprint density at radius 2 is 2.25 bits per heavy atom. The topological polar surface area (TPSA) is 30.5 Å². The molecule has 1 N–H and O–H groups in total. The van der Waals surface area contributed by atoms with Gasteiger partial charge in [-0.05, 0) is 48.8 Å². The Labute approximate surface area is 120 Å². The van der Waals surface area contributed by atoms with Crippen molar-refractivity contribution in [3.8, 4) is 0 Å². The van der Waals surface area contributed by atoms with Gasteiger partial charge in [0.05, 0.1) is 12.2 Å². The number of benzene rings is 1. The van der Waals surface area contributed by atoms with Crippen molar-refractivity contribution in [2.75, 3.05) is 31.7 Å². The molecule has 2 atom stereocenters. The molecular formula is C17H23NO2. The number of nitrogens with one attached hydrogen (secondary N) is 1. The molecule has 0 aliphatic carbocycles. The molecule has 0 amide bonds. The zero-order valence-electron chi connectivity index (χ0n) is 12.0. The third-order valence-corrected chi connectivity index (χ3v) is 5.10. The van der Waals surface area contributed by atoms with Crippen LogP contribution in [0.1, 0.15) is 42.7 Å². The van der Waals surface area contributed by atoms with Gasteiger partial charge < -0.3 is 14.8 Å². The average molecular weight is 273 g/mol. The van der Waals surface area contributed by atoms with Crippen LogP contribution in [-0.4, -0.2) is 32.0 Å². The number of hydrogen-bond donors (Lipinski definition) is 1. The summed E-state index contributed by atoms with van der Waals surface area (Å²) in [5.74, 6) is 0.625. The van der Waals surface area contributed by atoms with Crippen LogP contribution in [0.25, 0.3) is 0 Å². The first kappa shape index (κ1) is 12.7. The van der Waals surface area contributed by atoms with E-state index in [0.29, 0.717) is 5.92 Å². The van der Waals surface area contributed by atoms with Crippen LogP contribution in [0, 0.1) is 0 Å². The first-order valence-electron chi connectivity index (χ1n) is 7.93. The number of fused-ring (bicyclic) bond motifs is 1. The molecule has 2 saturated heterocycles. The second-order valence-corrected chi connectivity index (χ2v) is 6.47. The largest absolute Gasteiger partial charge is 0.385 e. The van der Waals surface area contributed by atoms with Crippen molar-refractivity contribution in [3.05, 3.63) is 29.3 Å². The summed E-state index contributed by atoms with van der Waals surface area (Å²) in [5.41, 5.74) is 4.32. The predicted octanol–water partition coefficient (Wildman–Crippen LogP) is 3.10. The van der Waals surface area contributed by atoms with Crippen LogP contribution in [0.2, 0.25) is 0 Å². The fourth-order valence-corrected chi connectivity index (χ4v) is 3.91. The van der Waals surface area contributed by atoms with Crippen LogP contribution in [0.3, 0.4) is 0 Å². The highest BCUT2D eigenvalue weighted by Gasteiger charge is 2.41. The van der Waals surface area contributed by atoms with Crippen molar-refractivity contribution in [2.45, 2.75) is 43.6 Å². The monoisotopic (exact) mass is 273 g/mol. The van der Waals surface area contributed by atoms with Gasteiger partial charge in [0.1, 0.15) is 0 Å². The molecule has 3 aliphatic heterocycles. The molecule has 20 heavy (non-hydrogen) atoms. The van der Waals surface area contributed by atoms with E-state index < -0.39 is 0 Å². The lowest BCUT2D eigenvalue weighted by Gasteiger charge is -2.37. The van der Waals surface area contributed by atoms with E-state index in [4.69, 9.17) is 9.47 Å². The lowest BCUT2D eigenvalue weighted by atomic mass is 9.80. The van der Waals surface area contributed by atoms with Gasteiger partial charge >= 0.3 is 0 Å². The highest BCUT2D eigenvalue weighted by atomic mass is 16.6. The molecule has 1 spiro atoms. The Bertz CT molecular complexity index is 494. The first-order valence-corrected chi connectivity index (χ1v) is 7.93. The standard InChI is InChI=1S/C17H23NO2/c1-2-13-3-4-14(10-16(13)18-7-1)15-5-8-20-17(11-15)6-9-19-12-17/h3-4,10,15,18H,1-2,5-9,11-12H2. The van der Waals surface area contributed by atoms with Gasteiger partial charge in [0.25, 0.3) is 0 Å². The van der Waals surface area contributed by atoms with Crippen LogP contribution in [0.4, 0.5) is 5.69 Å². The zero-order chi connectivity index (χ0) is 13.4. The van der Waals surface area contributed by atoms with Gasteiger partial charge in [-0.1, -0.05) is 12.1 Å². The Morgan fingerprint density at radius 3 is 3.15 bits per heavy atom. The van der Waals surface area contributed by atoms with Crippen molar-refractivity contribution >= 4 is 5.69 Å². The van der Waals surface area contributed by atoms with Crippen molar-refractivity contribution in [1.82, 2.24) is 0 Å². The minimum absolute atomic E-state index is 0.00620. The summed E-state index contributed by atoms with van der Waals surface area (Å²) < 4.78 is 11.6. The quantitative estimate of drug-likeness (QED) is 0.853. The lowest BCUT2D eigenvalue weighted by molar-refractivity contribution is -0.0863. The second-order valence-electron chi connectivity index (χ2n) is 6.47. The maximum Gasteiger partial charge on any atom is 0.0942 e. The van der Waals surface area contributed by atoms with Gasteiger partial charge in [-0.25, -0.2) is 0 Å². The van der Waals surface area contributed by atoms with Crippen LogP contribution in [0.15, 0.2) is 18.2 Å². The molecule has 1 aromatic carbocycles. The van der Waals surface area contributed by atoms with Gasteiger partial charge in [-0.2, -0.15) is 0 Å². The Balaban J connectivity index is 1.57. The molecule has 3 heterocycles.